The summed E-state index contributed by atoms with van der Waals surface area (Å²) in [5.74, 6) is 1.10. The number of nitrogens with zero attached hydrogens (tertiary/aromatic N) is 3. The Morgan fingerprint density at radius 2 is 1.97 bits per heavy atom. The van der Waals surface area contributed by atoms with Crippen molar-refractivity contribution in [3.63, 3.8) is 0 Å². The lowest BCUT2D eigenvalue weighted by Gasteiger charge is -2.27. The summed E-state index contributed by atoms with van der Waals surface area (Å²) >= 11 is 0. The van der Waals surface area contributed by atoms with E-state index in [-0.39, 0.29) is 6.03 Å². The number of hydrogen-bond acceptors (Lipinski definition) is 7. The van der Waals surface area contributed by atoms with Crippen molar-refractivity contribution >= 4 is 24.0 Å². The average molecular weight is 458 g/mol. The molecule has 0 radical (unpaired) electrons. The van der Waals surface area contributed by atoms with Gasteiger partial charge in [0.15, 0.2) is 0 Å². The van der Waals surface area contributed by atoms with E-state index in [1.807, 2.05) is 24.3 Å². The maximum atomic E-state index is 12.5. The quantitative estimate of drug-likeness (QED) is 0.260. The number of nitrogens with one attached hydrogen (secondary N) is 3. The maximum Gasteiger partial charge on any atom is 0.323 e. The molecule has 1 unspecified atom stereocenters. The van der Waals surface area contributed by atoms with Crippen LogP contribution in [-0.2, 0) is 4.79 Å². The molecule has 0 saturated carbocycles. The third-order valence-corrected chi connectivity index (χ3v) is 5.67. The molecule has 1 aromatic rings. The smallest absolute Gasteiger partial charge is 0.323 e. The standard InChI is InChI=1S/C23H35N7O3/c24-19-2-1-12-29(13-8-19)16-17-33-21-5-3-20(4-6-21)27-22(7-9-26-18-31)28-23(32)30-14-10-25-11-15-30/h3-7,9,18-19,25H,1-2,8,10-17,24H2,(H,26,31)(H,27,28,32)/b9-7-. The predicted molar refractivity (Wildman–Crippen MR) is 129 cm³/mol. The van der Waals surface area contributed by atoms with Crippen molar-refractivity contribution in [3.05, 3.63) is 36.5 Å². The van der Waals surface area contributed by atoms with Crippen molar-refractivity contribution in [2.45, 2.75) is 25.3 Å². The zero-order chi connectivity index (χ0) is 23.3. The molecule has 0 aromatic heterocycles. The number of likely N-dealkylation sites (tertiary alicyclic amines) is 1. The van der Waals surface area contributed by atoms with E-state index < -0.39 is 0 Å². The molecule has 1 atom stereocenters. The van der Waals surface area contributed by atoms with Gasteiger partial charge in [-0.3, -0.25) is 15.0 Å². The highest BCUT2D eigenvalue weighted by Gasteiger charge is 2.17. The minimum Gasteiger partial charge on any atom is -0.492 e. The number of amidine groups is 1. The summed E-state index contributed by atoms with van der Waals surface area (Å²) in [6, 6.07) is 7.48. The third kappa shape index (κ3) is 8.83. The number of nitrogens with two attached hydrogens (primary N) is 1. The van der Waals surface area contributed by atoms with E-state index in [0.29, 0.717) is 43.7 Å². The number of ether oxygens (including phenoxy) is 1. The van der Waals surface area contributed by atoms with Crippen LogP contribution in [0.3, 0.4) is 0 Å². The van der Waals surface area contributed by atoms with E-state index in [0.717, 1.165) is 57.7 Å². The fourth-order valence-corrected chi connectivity index (χ4v) is 3.78. The number of piperazine rings is 1. The van der Waals surface area contributed by atoms with Crippen LogP contribution in [0.1, 0.15) is 19.3 Å². The van der Waals surface area contributed by atoms with Gasteiger partial charge in [-0.25, -0.2) is 9.79 Å². The Morgan fingerprint density at radius 1 is 1.18 bits per heavy atom. The summed E-state index contributed by atoms with van der Waals surface area (Å²) in [7, 11) is 0. The number of urea groups is 1. The van der Waals surface area contributed by atoms with Gasteiger partial charge in [0.2, 0.25) is 6.41 Å². The summed E-state index contributed by atoms with van der Waals surface area (Å²) in [6.07, 6.45) is 6.80. The number of aliphatic imine (C=N–C) groups is 1. The number of rotatable bonds is 8. The largest absolute Gasteiger partial charge is 0.492 e. The predicted octanol–water partition coefficient (Wildman–Crippen LogP) is 0.783. The first-order valence-electron chi connectivity index (χ1n) is 11.6. The van der Waals surface area contributed by atoms with Gasteiger partial charge in [0.05, 0.1) is 5.69 Å². The monoisotopic (exact) mass is 457 g/mol. The molecule has 3 amide bonds. The Morgan fingerprint density at radius 3 is 2.73 bits per heavy atom. The number of benzene rings is 1. The minimum absolute atomic E-state index is 0.222. The fraction of sp³-hybridized carbons (Fsp3) is 0.522. The lowest BCUT2D eigenvalue weighted by molar-refractivity contribution is -0.108. The SMILES string of the molecule is NC1CCCN(CCOc2ccc(N=C(/C=C\NC=O)NC(=O)N3CCNCC3)cc2)CC1. The summed E-state index contributed by atoms with van der Waals surface area (Å²) in [6.45, 7) is 6.36. The van der Waals surface area contributed by atoms with Crippen molar-refractivity contribution < 1.29 is 14.3 Å². The third-order valence-electron chi connectivity index (χ3n) is 5.67. The average Bonchev–Trinajstić information content (AvgIpc) is 3.05. The summed E-state index contributed by atoms with van der Waals surface area (Å²) < 4.78 is 5.89. The zero-order valence-corrected chi connectivity index (χ0v) is 19.0. The second-order valence-electron chi connectivity index (χ2n) is 8.16. The molecule has 0 bridgehead atoms. The van der Waals surface area contributed by atoms with Crippen LogP contribution in [0.15, 0.2) is 41.5 Å². The normalized spacial score (nSPS) is 20.3. The Balaban J connectivity index is 1.54. The first-order valence-corrected chi connectivity index (χ1v) is 11.6. The van der Waals surface area contributed by atoms with Crippen LogP contribution in [0.5, 0.6) is 5.75 Å². The first kappa shape index (κ1) is 24.7. The van der Waals surface area contributed by atoms with Gasteiger partial charge in [0.25, 0.3) is 0 Å². The van der Waals surface area contributed by atoms with E-state index in [9.17, 15) is 9.59 Å². The molecule has 5 N–H and O–H groups in total. The molecule has 180 valence electrons. The van der Waals surface area contributed by atoms with Crippen molar-refractivity contribution in [1.29, 1.82) is 0 Å². The van der Waals surface area contributed by atoms with Crippen LogP contribution in [0, 0.1) is 0 Å². The van der Waals surface area contributed by atoms with Gasteiger partial charge in [0.1, 0.15) is 18.2 Å². The number of amides is 3. The Labute approximate surface area is 195 Å². The molecule has 10 heteroatoms. The molecule has 2 heterocycles. The van der Waals surface area contributed by atoms with E-state index in [1.165, 1.54) is 6.20 Å². The Kier molecular flexibility index (Phi) is 10.1. The Hall–Kier alpha value is -2.95. The second-order valence-corrected chi connectivity index (χ2v) is 8.16. The van der Waals surface area contributed by atoms with E-state index in [2.05, 4.69) is 25.8 Å². The van der Waals surface area contributed by atoms with Crippen LogP contribution in [-0.4, -0.2) is 86.5 Å². The van der Waals surface area contributed by atoms with Crippen molar-refractivity contribution in [2.75, 3.05) is 52.4 Å². The molecule has 2 fully saturated rings. The molecule has 2 saturated heterocycles. The topological polar surface area (TPSA) is 124 Å². The van der Waals surface area contributed by atoms with Crippen LogP contribution < -0.4 is 26.4 Å². The molecule has 0 spiro atoms. The molecular weight excluding hydrogens is 422 g/mol. The summed E-state index contributed by atoms with van der Waals surface area (Å²) in [5.41, 5.74) is 6.71. The minimum atomic E-state index is -0.222. The van der Waals surface area contributed by atoms with Gasteiger partial charge in [0, 0.05) is 45.0 Å². The van der Waals surface area contributed by atoms with Gasteiger partial charge in [-0.05, 0) is 62.7 Å². The Bertz CT molecular complexity index is 807. The number of hydrogen-bond donors (Lipinski definition) is 4. The van der Waals surface area contributed by atoms with Gasteiger partial charge < -0.3 is 26.0 Å². The van der Waals surface area contributed by atoms with Crippen LogP contribution >= 0.6 is 0 Å². The highest BCUT2D eigenvalue weighted by atomic mass is 16.5. The van der Waals surface area contributed by atoms with Crippen LogP contribution in [0.25, 0.3) is 0 Å². The lowest BCUT2D eigenvalue weighted by Crippen LogP contribution is -2.51. The van der Waals surface area contributed by atoms with E-state index in [1.54, 1.807) is 11.0 Å². The second kappa shape index (κ2) is 13.6. The van der Waals surface area contributed by atoms with Crippen LogP contribution in [0.2, 0.25) is 0 Å². The highest BCUT2D eigenvalue weighted by Crippen LogP contribution is 2.18. The van der Waals surface area contributed by atoms with Crippen molar-refractivity contribution in [3.8, 4) is 5.75 Å². The van der Waals surface area contributed by atoms with Gasteiger partial charge in [-0.2, -0.15) is 0 Å². The van der Waals surface area contributed by atoms with E-state index in [4.69, 9.17) is 10.5 Å². The van der Waals surface area contributed by atoms with Crippen molar-refractivity contribution in [1.82, 2.24) is 25.8 Å². The first-order chi connectivity index (χ1) is 16.1. The zero-order valence-electron chi connectivity index (χ0n) is 19.0. The van der Waals surface area contributed by atoms with Crippen LogP contribution in [0.4, 0.5) is 10.5 Å². The molecule has 33 heavy (non-hydrogen) atoms. The molecule has 3 rings (SSSR count). The van der Waals surface area contributed by atoms with Gasteiger partial charge >= 0.3 is 6.03 Å². The van der Waals surface area contributed by atoms with E-state index >= 15 is 0 Å². The lowest BCUT2D eigenvalue weighted by atomic mass is 10.1. The molecule has 2 aliphatic heterocycles. The van der Waals surface area contributed by atoms with Gasteiger partial charge in [-0.1, -0.05) is 0 Å². The molecule has 1 aromatic carbocycles. The summed E-state index contributed by atoms with van der Waals surface area (Å²) in [5, 5.41) is 8.46. The van der Waals surface area contributed by atoms with Crippen molar-refractivity contribution in [2.24, 2.45) is 10.7 Å². The highest BCUT2D eigenvalue weighted by molar-refractivity contribution is 6.04. The van der Waals surface area contributed by atoms with Gasteiger partial charge in [-0.15, -0.1) is 0 Å². The maximum absolute atomic E-state index is 12.5. The molecule has 2 aliphatic rings. The molecular formula is C23H35N7O3. The molecule has 0 aliphatic carbocycles. The summed E-state index contributed by atoms with van der Waals surface area (Å²) in [4.78, 5) is 31.7. The number of carbonyl (C=O) groups excluding carboxylic acids is 2. The number of carbonyl (C=O) groups is 2. The fourth-order valence-electron chi connectivity index (χ4n) is 3.78. The molecule has 10 nitrogen and oxygen atoms in total.